The van der Waals surface area contributed by atoms with Crippen LogP contribution >= 0.6 is 0 Å². The van der Waals surface area contributed by atoms with E-state index in [0.717, 1.165) is 0 Å². The highest BCUT2D eigenvalue weighted by molar-refractivity contribution is 5.83. The predicted molar refractivity (Wildman–Crippen MR) is 68.3 cm³/mol. The van der Waals surface area contributed by atoms with Gasteiger partial charge in [-0.3, -0.25) is 9.59 Å². The average Bonchev–Trinajstić information content (AvgIpc) is 2.37. The summed E-state index contributed by atoms with van der Waals surface area (Å²) in [6.07, 6.45) is 6.51. The first kappa shape index (κ1) is 14.5. The number of carboxylic acids is 1. The molecule has 2 N–H and O–H groups in total. The summed E-state index contributed by atoms with van der Waals surface area (Å²) >= 11 is 0. The number of pyridine rings is 1. The van der Waals surface area contributed by atoms with Crippen molar-refractivity contribution in [1.29, 1.82) is 0 Å². The van der Waals surface area contributed by atoms with E-state index in [2.05, 4.69) is 11.2 Å². The molecule has 6 nitrogen and oxygen atoms in total. The van der Waals surface area contributed by atoms with Crippen molar-refractivity contribution in [2.75, 3.05) is 0 Å². The number of amides is 1. The van der Waals surface area contributed by atoms with E-state index in [-0.39, 0.29) is 24.9 Å². The summed E-state index contributed by atoms with van der Waals surface area (Å²) in [5.41, 5.74) is -0.214. The molecule has 1 rings (SSSR count). The summed E-state index contributed by atoms with van der Waals surface area (Å²) in [6.45, 7) is 0.188. The third-order valence-corrected chi connectivity index (χ3v) is 2.43. The molecule has 0 aliphatic rings. The zero-order chi connectivity index (χ0) is 14.3. The fourth-order valence-corrected chi connectivity index (χ4v) is 1.45. The molecule has 19 heavy (non-hydrogen) atoms. The van der Waals surface area contributed by atoms with Crippen molar-refractivity contribution in [2.24, 2.45) is 0 Å². The molecule has 0 fully saturated rings. The first-order chi connectivity index (χ1) is 9.04. The minimum absolute atomic E-state index is 0.0122. The molecule has 100 valence electrons. The molecule has 0 radical (unpaired) electrons. The molecule has 0 aliphatic carbocycles. The maximum atomic E-state index is 11.6. The van der Waals surface area contributed by atoms with Crippen molar-refractivity contribution >= 4 is 11.9 Å². The second-order valence-electron chi connectivity index (χ2n) is 3.85. The van der Waals surface area contributed by atoms with Gasteiger partial charge in [-0.15, -0.1) is 12.3 Å². The number of aliphatic carboxylic acids is 1. The smallest absolute Gasteiger partial charge is 0.327 e. The van der Waals surface area contributed by atoms with E-state index in [1.165, 1.54) is 10.6 Å². The van der Waals surface area contributed by atoms with E-state index < -0.39 is 17.9 Å². The molecular formula is C13H14N2O4. The number of carbonyl (C=O) groups excluding carboxylic acids is 1. The normalized spacial score (nSPS) is 11.3. The molecule has 1 unspecified atom stereocenters. The molecular weight excluding hydrogens is 248 g/mol. The molecule has 0 bridgehead atoms. The Morgan fingerprint density at radius 2 is 2.21 bits per heavy atom. The highest BCUT2D eigenvalue weighted by atomic mass is 16.4. The van der Waals surface area contributed by atoms with Gasteiger partial charge in [0.2, 0.25) is 5.91 Å². The fraction of sp³-hybridized carbons (Fsp3) is 0.308. The van der Waals surface area contributed by atoms with Gasteiger partial charge in [0.1, 0.15) is 6.04 Å². The zero-order valence-corrected chi connectivity index (χ0v) is 10.2. The molecule has 6 heteroatoms. The Hall–Kier alpha value is -2.55. The van der Waals surface area contributed by atoms with Gasteiger partial charge in [0.15, 0.2) is 0 Å². The van der Waals surface area contributed by atoms with Crippen LogP contribution in [-0.2, 0) is 16.1 Å². The van der Waals surface area contributed by atoms with Crippen LogP contribution in [0.2, 0.25) is 0 Å². The Morgan fingerprint density at radius 1 is 1.47 bits per heavy atom. The van der Waals surface area contributed by atoms with Crippen molar-refractivity contribution in [3.63, 3.8) is 0 Å². The molecule has 1 aromatic heterocycles. The summed E-state index contributed by atoms with van der Waals surface area (Å²) in [6, 6.07) is 3.57. The number of hydrogen-bond donors (Lipinski definition) is 2. The molecule has 0 saturated carbocycles. The van der Waals surface area contributed by atoms with Crippen LogP contribution in [0.25, 0.3) is 0 Å². The first-order valence-corrected chi connectivity index (χ1v) is 5.65. The van der Waals surface area contributed by atoms with Crippen molar-refractivity contribution in [2.45, 2.75) is 25.4 Å². The number of carbonyl (C=O) groups is 2. The standard InChI is InChI=1S/C13H14N2O4/c1-2-5-10(13(18)19)14-11(16)7-9-15-8-4-3-6-12(15)17/h1,3-4,6,8,10H,5,7,9H2,(H,14,16)(H,18,19). The van der Waals surface area contributed by atoms with Crippen LogP contribution in [0.5, 0.6) is 0 Å². The van der Waals surface area contributed by atoms with Gasteiger partial charge in [-0.25, -0.2) is 4.79 Å². The molecule has 1 heterocycles. The number of nitrogens with zero attached hydrogens (tertiary/aromatic N) is 1. The lowest BCUT2D eigenvalue weighted by atomic mass is 10.2. The van der Waals surface area contributed by atoms with Crippen LogP contribution in [0.3, 0.4) is 0 Å². The van der Waals surface area contributed by atoms with Gasteiger partial charge in [0.05, 0.1) is 0 Å². The number of carboxylic acid groups (broad SMARTS) is 1. The predicted octanol–water partition coefficient (Wildman–Crippen LogP) is -0.169. The number of aromatic nitrogens is 1. The molecule has 0 saturated heterocycles. The van der Waals surface area contributed by atoms with Gasteiger partial charge in [0, 0.05) is 31.6 Å². The van der Waals surface area contributed by atoms with Gasteiger partial charge in [-0.2, -0.15) is 0 Å². The number of hydrogen-bond acceptors (Lipinski definition) is 3. The molecule has 1 atom stereocenters. The highest BCUT2D eigenvalue weighted by Crippen LogP contribution is 1.94. The van der Waals surface area contributed by atoms with Gasteiger partial charge in [-0.1, -0.05) is 6.07 Å². The largest absolute Gasteiger partial charge is 0.480 e. The van der Waals surface area contributed by atoms with Crippen LogP contribution in [0.15, 0.2) is 29.2 Å². The average molecular weight is 262 g/mol. The van der Waals surface area contributed by atoms with E-state index >= 15 is 0 Å². The lowest BCUT2D eigenvalue weighted by Gasteiger charge is -2.12. The first-order valence-electron chi connectivity index (χ1n) is 5.65. The topological polar surface area (TPSA) is 88.4 Å². The van der Waals surface area contributed by atoms with Gasteiger partial charge < -0.3 is 15.0 Å². The Morgan fingerprint density at radius 3 is 2.79 bits per heavy atom. The highest BCUT2D eigenvalue weighted by Gasteiger charge is 2.18. The maximum absolute atomic E-state index is 11.6. The summed E-state index contributed by atoms with van der Waals surface area (Å²) < 4.78 is 1.37. The minimum Gasteiger partial charge on any atom is -0.480 e. The lowest BCUT2D eigenvalue weighted by molar-refractivity contribution is -0.141. The number of aryl methyl sites for hydroxylation is 1. The quantitative estimate of drug-likeness (QED) is 0.697. The Kier molecular flexibility index (Phi) is 5.35. The van der Waals surface area contributed by atoms with E-state index in [9.17, 15) is 14.4 Å². The third kappa shape index (κ3) is 4.68. The number of nitrogens with one attached hydrogen (secondary N) is 1. The molecule has 1 amide bonds. The van der Waals surface area contributed by atoms with Crippen LogP contribution in [-0.4, -0.2) is 27.6 Å². The molecule has 1 aromatic rings. The third-order valence-electron chi connectivity index (χ3n) is 2.43. The number of rotatable bonds is 6. The summed E-state index contributed by atoms with van der Waals surface area (Å²) in [5.74, 6) is 0.549. The Labute approximate surface area is 110 Å². The lowest BCUT2D eigenvalue weighted by Crippen LogP contribution is -2.41. The summed E-state index contributed by atoms with van der Waals surface area (Å²) in [5, 5.41) is 11.1. The Balaban J connectivity index is 2.52. The maximum Gasteiger partial charge on any atom is 0.327 e. The van der Waals surface area contributed by atoms with E-state index in [1.54, 1.807) is 18.3 Å². The van der Waals surface area contributed by atoms with E-state index in [4.69, 9.17) is 11.5 Å². The van der Waals surface area contributed by atoms with Crippen LogP contribution in [0.1, 0.15) is 12.8 Å². The SMILES string of the molecule is C#CCC(NC(=O)CCn1ccccc1=O)C(=O)O. The fourth-order valence-electron chi connectivity index (χ4n) is 1.45. The second-order valence-corrected chi connectivity index (χ2v) is 3.85. The summed E-state index contributed by atoms with van der Waals surface area (Å²) in [4.78, 5) is 33.7. The van der Waals surface area contributed by atoms with Crippen molar-refractivity contribution in [3.05, 3.63) is 34.7 Å². The monoisotopic (exact) mass is 262 g/mol. The van der Waals surface area contributed by atoms with Gasteiger partial charge in [0.25, 0.3) is 5.56 Å². The van der Waals surface area contributed by atoms with E-state index in [1.807, 2.05) is 0 Å². The van der Waals surface area contributed by atoms with Gasteiger partial charge >= 0.3 is 5.97 Å². The van der Waals surface area contributed by atoms with Crippen LogP contribution in [0.4, 0.5) is 0 Å². The molecule has 0 aromatic carbocycles. The molecule has 0 spiro atoms. The van der Waals surface area contributed by atoms with Crippen molar-refractivity contribution in [3.8, 4) is 12.3 Å². The Bertz CT molecular complexity index is 556. The van der Waals surface area contributed by atoms with Crippen molar-refractivity contribution < 1.29 is 14.7 Å². The number of terminal acetylenes is 1. The van der Waals surface area contributed by atoms with Gasteiger partial charge in [-0.05, 0) is 6.07 Å². The van der Waals surface area contributed by atoms with Crippen LogP contribution in [0, 0.1) is 12.3 Å². The minimum atomic E-state index is -1.18. The van der Waals surface area contributed by atoms with E-state index in [0.29, 0.717) is 0 Å². The molecule has 0 aliphatic heterocycles. The second kappa shape index (κ2) is 7.01. The van der Waals surface area contributed by atoms with Crippen LogP contribution < -0.4 is 10.9 Å². The van der Waals surface area contributed by atoms with Crippen molar-refractivity contribution in [1.82, 2.24) is 9.88 Å². The summed E-state index contributed by atoms with van der Waals surface area (Å²) in [7, 11) is 0. The zero-order valence-electron chi connectivity index (χ0n) is 10.2.